The van der Waals surface area contributed by atoms with E-state index in [-0.39, 0.29) is 0 Å². The van der Waals surface area contributed by atoms with Crippen LogP contribution in [0.2, 0.25) is 0 Å². The van der Waals surface area contributed by atoms with Crippen LogP contribution in [0.5, 0.6) is 0 Å². The third-order valence-electron chi connectivity index (χ3n) is 1.66. The maximum atomic E-state index is 4.94. The van der Waals surface area contributed by atoms with Crippen molar-refractivity contribution in [3.05, 3.63) is 60.9 Å². The van der Waals surface area contributed by atoms with Gasteiger partial charge in [0.2, 0.25) is 6.61 Å². The Morgan fingerprint density at radius 1 is 1.08 bits per heavy atom. The fourth-order valence-corrected chi connectivity index (χ4v) is 1.08. The second kappa shape index (κ2) is 3.26. The van der Waals surface area contributed by atoms with Gasteiger partial charge in [-0.25, -0.2) is 0 Å². The smallest absolute Gasteiger partial charge is 0.230 e. The molecule has 1 aromatic rings. The molecule has 1 heterocycles. The summed E-state index contributed by atoms with van der Waals surface area (Å²) in [6.07, 6.45) is 5.43. The molecule has 1 nitrogen and oxygen atoms in total. The molecule has 0 unspecified atom stereocenters. The predicted molar refractivity (Wildman–Crippen MR) is 47.9 cm³/mol. The summed E-state index contributed by atoms with van der Waals surface area (Å²) in [5.74, 6) is 0. The first-order valence-electron chi connectivity index (χ1n) is 3.81. The molecule has 12 heavy (non-hydrogen) atoms. The fourth-order valence-electron chi connectivity index (χ4n) is 1.08. The Balaban J connectivity index is 2.31. The van der Waals surface area contributed by atoms with Gasteiger partial charge < -0.3 is 4.74 Å². The number of rotatable bonds is 1. The molecule has 58 valence electrons. The van der Waals surface area contributed by atoms with Gasteiger partial charge in [-0.1, -0.05) is 36.4 Å². The molecule has 0 amide bonds. The van der Waals surface area contributed by atoms with E-state index < -0.39 is 0 Å². The van der Waals surface area contributed by atoms with Gasteiger partial charge in [-0.05, 0) is 11.6 Å². The summed E-state index contributed by atoms with van der Waals surface area (Å²) in [5.41, 5.74) is 2.11. The molecule has 0 fully saturated rings. The summed E-state index contributed by atoms with van der Waals surface area (Å²) >= 11 is 0. The largest absolute Gasteiger partial charge is 0.480 e. The van der Waals surface area contributed by atoms with Gasteiger partial charge >= 0.3 is 0 Å². The van der Waals surface area contributed by atoms with Crippen LogP contribution in [0.1, 0.15) is 5.56 Å². The van der Waals surface area contributed by atoms with Crippen molar-refractivity contribution in [2.75, 3.05) is 0 Å². The Labute approximate surface area is 72.0 Å². The summed E-state index contributed by atoms with van der Waals surface area (Å²) in [5, 5.41) is 0. The molecule has 0 aromatic heterocycles. The normalized spacial score (nSPS) is 15.2. The first-order chi connectivity index (χ1) is 5.97. The van der Waals surface area contributed by atoms with Crippen LogP contribution in [0.25, 0.3) is 5.57 Å². The molecule has 0 N–H and O–H groups in total. The molecule has 1 aromatic carbocycles. The highest BCUT2D eigenvalue weighted by Gasteiger charge is 2.03. The van der Waals surface area contributed by atoms with Gasteiger partial charge in [0.25, 0.3) is 0 Å². The van der Waals surface area contributed by atoms with Gasteiger partial charge in [0.05, 0.1) is 6.26 Å². The monoisotopic (exact) mass is 156 g/mol. The quantitative estimate of drug-likeness (QED) is 0.607. The number of ether oxygens (including phenoxy) is 1. The van der Waals surface area contributed by atoms with E-state index in [9.17, 15) is 0 Å². The van der Waals surface area contributed by atoms with Crippen molar-refractivity contribution in [3.63, 3.8) is 0 Å². The third-order valence-corrected chi connectivity index (χ3v) is 1.66. The zero-order chi connectivity index (χ0) is 8.23. The average molecular weight is 156 g/mol. The standard InChI is InChI=1S/C11H8O/c1-2-5-10(6-3-1)11-7-4-8-12-9-11/h1-8H. The summed E-state index contributed by atoms with van der Waals surface area (Å²) in [7, 11) is 0. The van der Waals surface area contributed by atoms with Crippen LogP contribution >= 0.6 is 0 Å². The molecule has 0 spiro atoms. The van der Waals surface area contributed by atoms with E-state index in [0.29, 0.717) is 0 Å². The van der Waals surface area contributed by atoms with Crippen LogP contribution in [0.15, 0.2) is 48.7 Å². The topological polar surface area (TPSA) is 9.23 Å². The Bertz CT molecular complexity index is 309. The predicted octanol–water partition coefficient (Wildman–Crippen LogP) is 2.65. The Morgan fingerprint density at radius 3 is 2.58 bits per heavy atom. The molecule has 1 heteroatoms. The van der Waals surface area contributed by atoms with Gasteiger partial charge in [-0.3, -0.25) is 0 Å². The SMILES string of the molecule is [C]1OC=CC=C1c1ccccc1. The van der Waals surface area contributed by atoms with Crippen molar-refractivity contribution >= 4 is 5.57 Å². The van der Waals surface area contributed by atoms with E-state index >= 15 is 0 Å². The second-order valence-corrected chi connectivity index (χ2v) is 2.49. The Kier molecular flexibility index (Phi) is 1.95. The van der Waals surface area contributed by atoms with Gasteiger partial charge in [-0.15, -0.1) is 0 Å². The molecule has 0 aliphatic carbocycles. The molecular weight excluding hydrogens is 148 g/mol. The average Bonchev–Trinajstić information content (AvgIpc) is 2.21. The number of hydrogen-bond acceptors (Lipinski definition) is 1. The number of benzene rings is 1. The minimum Gasteiger partial charge on any atom is -0.480 e. The van der Waals surface area contributed by atoms with Crippen LogP contribution in [0, 0.1) is 6.61 Å². The van der Waals surface area contributed by atoms with Gasteiger partial charge in [0, 0.05) is 5.57 Å². The number of hydrogen-bond donors (Lipinski definition) is 0. The van der Waals surface area contributed by atoms with Crippen LogP contribution < -0.4 is 0 Å². The lowest BCUT2D eigenvalue weighted by atomic mass is 10.1. The minimum atomic E-state index is 0.984. The first kappa shape index (κ1) is 7.17. The maximum absolute atomic E-state index is 4.94. The summed E-state index contributed by atoms with van der Waals surface area (Å²) in [4.78, 5) is 0. The van der Waals surface area contributed by atoms with Crippen molar-refractivity contribution in [2.45, 2.75) is 0 Å². The van der Waals surface area contributed by atoms with E-state index in [2.05, 4.69) is 6.61 Å². The van der Waals surface area contributed by atoms with Crippen molar-refractivity contribution in [1.82, 2.24) is 0 Å². The van der Waals surface area contributed by atoms with Crippen molar-refractivity contribution in [2.24, 2.45) is 0 Å². The molecule has 1 aliphatic heterocycles. The lowest BCUT2D eigenvalue weighted by Crippen LogP contribution is -1.89. The van der Waals surface area contributed by atoms with Crippen LogP contribution in [0.4, 0.5) is 0 Å². The molecule has 1 aliphatic rings. The van der Waals surface area contributed by atoms with Gasteiger partial charge in [0.1, 0.15) is 0 Å². The van der Waals surface area contributed by atoms with E-state index in [4.69, 9.17) is 4.74 Å². The van der Waals surface area contributed by atoms with E-state index in [1.807, 2.05) is 42.5 Å². The molecule has 2 radical (unpaired) electrons. The summed E-state index contributed by atoms with van der Waals surface area (Å²) in [6, 6.07) is 10.0. The van der Waals surface area contributed by atoms with Crippen molar-refractivity contribution in [3.8, 4) is 0 Å². The lowest BCUT2D eigenvalue weighted by Gasteiger charge is -2.07. The third kappa shape index (κ3) is 1.40. The Morgan fingerprint density at radius 2 is 1.92 bits per heavy atom. The van der Waals surface area contributed by atoms with Crippen LogP contribution in [-0.4, -0.2) is 0 Å². The molecule has 0 saturated heterocycles. The van der Waals surface area contributed by atoms with Crippen LogP contribution in [0.3, 0.4) is 0 Å². The maximum Gasteiger partial charge on any atom is 0.230 e. The highest BCUT2D eigenvalue weighted by atomic mass is 16.5. The van der Waals surface area contributed by atoms with E-state index in [1.165, 1.54) is 0 Å². The highest BCUT2D eigenvalue weighted by molar-refractivity contribution is 5.72. The zero-order valence-electron chi connectivity index (χ0n) is 6.53. The zero-order valence-corrected chi connectivity index (χ0v) is 6.53. The van der Waals surface area contributed by atoms with E-state index in [0.717, 1.165) is 11.1 Å². The minimum absolute atomic E-state index is 0.984. The molecule has 0 saturated carbocycles. The fraction of sp³-hybridized carbons (Fsp3) is 0. The van der Waals surface area contributed by atoms with Crippen molar-refractivity contribution in [1.29, 1.82) is 0 Å². The molecule has 0 atom stereocenters. The number of allylic oxidation sites excluding steroid dienone is 2. The van der Waals surface area contributed by atoms with Gasteiger partial charge in [0.15, 0.2) is 0 Å². The van der Waals surface area contributed by atoms with Crippen molar-refractivity contribution < 1.29 is 4.74 Å². The Hall–Kier alpha value is -1.50. The lowest BCUT2D eigenvalue weighted by molar-refractivity contribution is 0.359. The molecular formula is C11H8O. The summed E-state index contributed by atoms with van der Waals surface area (Å²) in [6.45, 7) is 2.81. The van der Waals surface area contributed by atoms with Crippen LogP contribution in [-0.2, 0) is 4.74 Å². The second-order valence-electron chi connectivity index (χ2n) is 2.49. The molecule has 2 rings (SSSR count). The highest BCUT2D eigenvalue weighted by Crippen LogP contribution is 2.19. The molecule has 0 bridgehead atoms. The van der Waals surface area contributed by atoms with E-state index in [1.54, 1.807) is 6.26 Å². The summed E-state index contributed by atoms with van der Waals surface area (Å²) < 4.78 is 4.94. The first-order valence-corrected chi connectivity index (χ1v) is 3.81. The van der Waals surface area contributed by atoms with Gasteiger partial charge in [-0.2, -0.15) is 0 Å².